The topological polar surface area (TPSA) is 97.6 Å². The molecule has 4 aromatic rings. The number of anilines is 3. The van der Waals surface area contributed by atoms with Crippen molar-refractivity contribution in [3.05, 3.63) is 84.2 Å². The molecule has 4 rings (SSSR count). The number of rotatable bonds is 5. The van der Waals surface area contributed by atoms with Crippen molar-refractivity contribution in [2.75, 3.05) is 10.6 Å². The van der Waals surface area contributed by atoms with Crippen LogP contribution in [-0.4, -0.2) is 30.6 Å². The van der Waals surface area contributed by atoms with Gasteiger partial charge in [-0.05, 0) is 42.8 Å². The van der Waals surface area contributed by atoms with Gasteiger partial charge in [-0.15, -0.1) is 0 Å². The molecule has 0 aliphatic heterocycles. The summed E-state index contributed by atoms with van der Waals surface area (Å²) < 4.78 is 39.4. The van der Waals surface area contributed by atoms with E-state index in [0.717, 1.165) is 16.3 Å². The summed E-state index contributed by atoms with van der Waals surface area (Å²) in [5.74, 6) is 0.565. The number of nitrogens with one attached hydrogen (secondary N) is 2. The minimum Gasteiger partial charge on any atom is -0.325 e. The summed E-state index contributed by atoms with van der Waals surface area (Å²) in [6.07, 6.45) is 2.52. The van der Waals surface area contributed by atoms with Gasteiger partial charge in [-0.2, -0.15) is 18.3 Å². The van der Waals surface area contributed by atoms with E-state index in [0.29, 0.717) is 22.9 Å². The highest BCUT2D eigenvalue weighted by molar-refractivity contribution is 6.04. The monoisotopic (exact) mass is 439 g/mol. The minimum absolute atomic E-state index is 0.265. The number of halogens is 3. The molecule has 32 heavy (non-hydrogen) atoms. The zero-order chi connectivity index (χ0) is 22.7. The van der Waals surface area contributed by atoms with Crippen LogP contribution in [0, 0.1) is 6.92 Å². The van der Waals surface area contributed by atoms with Gasteiger partial charge in [0, 0.05) is 24.2 Å². The van der Waals surface area contributed by atoms with E-state index in [4.69, 9.17) is 0 Å². The Kier molecular flexibility index (Phi) is 5.54. The molecule has 0 bridgehead atoms. The van der Waals surface area contributed by atoms with E-state index < -0.39 is 17.8 Å². The van der Waals surface area contributed by atoms with Gasteiger partial charge >= 0.3 is 6.18 Å². The molecule has 0 fully saturated rings. The molecule has 8 nitrogen and oxygen atoms in total. The Bertz CT molecular complexity index is 1250. The Morgan fingerprint density at radius 1 is 1.00 bits per heavy atom. The van der Waals surface area contributed by atoms with Crippen molar-refractivity contribution in [1.82, 2.24) is 24.7 Å². The number of alkyl halides is 3. The smallest absolute Gasteiger partial charge is 0.325 e. The van der Waals surface area contributed by atoms with Crippen LogP contribution in [0.1, 0.15) is 21.6 Å². The molecule has 0 saturated carbocycles. The lowest BCUT2D eigenvalue weighted by molar-refractivity contribution is -0.141. The summed E-state index contributed by atoms with van der Waals surface area (Å²) in [5, 5.41) is 9.19. The summed E-state index contributed by atoms with van der Waals surface area (Å²) in [4.78, 5) is 25.0. The molecule has 2 N–H and O–H groups in total. The molecule has 4 aromatic heterocycles. The molecule has 0 atom stereocenters. The fourth-order valence-corrected chi connectivity index (χ4v) is 2.76. The standard InChI is InChI=1S/C21H16F3N7O/c1-13-2-3-18(27-10-13)29-19-8-14(4-6-26-19)20(32)28-15-9-16(12-25-11-15)31-7-5-17(30-31)21(22,23)24/h2-12H,1H3,(H,28,32)(H,26,27,29). The first-order chi connectivity index (χ1) is 15.3. The molecular weight excluding hydrogens is 423 g/mol. The van der Waals surface area contributed by atoms with Gasteiger partial charge < -0.3 is 10.6 Å². The van der Waals surface area contributed by atoms with Crippen molar-refractivity contribution in [3.63, 3.8) is 0 Å². The van der Waals surface area contributed by atoms with Crippen LogP contribution in [0.25, 0.3) is 5.69 Å². The molecule has 0 aliphatic rings. The van der Waals surface area contributed by atoms with Crippen LogP contribution in [0.15, 0.2) is 67.4 Å². The van der Waals surface area contributed by atoms with Gasteiger partial charge in [-0.3, -0.25) is 9.78 Å². The molecule has 1 amide bonds. The van der Waals surface area contributed by atoms with Crippen LogP contribution in [0.5, 0.6) is 0 Å². The first-order valence-corrected chi connectivity index (χ1v) is 9.33. The van der Waals surface area contributed by atoms with Crippen LogP contribution in [0.3, 0.4) is 0 Å². The first kappa shape index (κ1) is 21.0. The van der Waals surface area contributed by atoms with Crippen molar-refractivity contribution in [3.8, 4) is 5.69 Å². The molecular formula is C21H16F3N7O. The Labute approximate surface area is 180 Å². The van der Waals surface area contributed by atoms with Gasteiger partial charge in [0.25, 0.3) is 5.91 Å². The van der Waals surface area contributed by atoms with Gasteiger partial charge in [0.05, 0.1) is 23.8 Å². The molecule has 0 saturated heterocycles. The van der Waals surface area contributed by atoms with Crippen LogP contribution in [0.4, 0.5) is 30.5 Å². The average Bonchev–Trinajstić information content (AvgIpc) is 3.27. The van der Waals surface area contributed by atoms with Gasteiger partial charge in [-0.25, -0.2) is 14.6 Å². The molecule has 0 aliphatic carbocycles. The Balaban J connectivity index is 1.49. The summed E-state index contributed by atoms with van der Waals surface area (Å²) in [5.41, 5.74) is 0.867. The molecule has 11 heteroatoms. The Morgan fingerprint density at radius 3 is 2.56 bits per heavy atom. The minimum atomic E-state index is -4.55. The van der Waals surface area contributed by atoms with Crippen molar-refractivity contribution >= 4 is 23.2 Å². The van der Waals surface area contributed by atoms with E-state index in [2.05, 4.69) is 30.7 Å². The summed E-state index contributed by atoms with van der Waals surface area (Å²) in [7, 11) is 0. The zero-order valence-electron chi connectivity index (χ0n) is 16.6. The number of hydrogen-bond acceptors (Lipinski definition) is 6. The summed E-state index contributed by atoms with van der Waals surface area (Å²) >= 11 is 0. The Hall–Kier alpha value is -4.28. The number of pyridine rings is 3. The second-order valence-electron chi connectivity index (χ2n) is 6.80. The Morgan fingerprint density at radius 2 is 1.84 bits per heavy atom. The lowest BCUT2D eigenvalue weighted by Gasteiger charge is -2.09. The second kappa shape index (κ2) is 8.46. The fraction of sp³-hybridized carbons (Fsp3) is 0.0952. The lowest BCUT2D eigenvalue weighted by atomic mass is 10.2. The number of aryl methyl sites for hydroxylation is 1. The van der Waals surface area contributed by atoms with E-state index in [1.807, 2.05) is 13.0 Å². The van der Waals surface area contributed by atoms with E-state index in [-0.39, 0.29) is 5.69 Å². The predicted molar refractivity (Wildman–Crippen MR) is 111 cm³/mol. The summed E-state index contributed by atoms with van der Waals surface area (Å²) in [6.45, 7) is 1.92. The molecule has 0 radical (unpaired) electrons. The molecule has 0 spiro atoms. The van der Waals surface area contributed by atoms with Crippen molar-refractivity contribution in [1.29, 1.82) is 0 Å². The van der Waals surface area contributed by atoms with E-state index in [9.17, 15) is 18.0 Å². The highest BCUT2D eigenvalue weighted by Crippen LogP contribution is 2.28. The third kappa shape index (κ3) is 4.89. The van der Waals surface area contributed by atoms with E-state index in [1.54, 1.807) is 18.3 Å². The third-order valence-corrected chi connectivity index (χ3v) is 4.32. The maximum absolute atomic E-state index is 12.8. The second-order valence-corrected chi connectivity index (χ2v) is 6.80. The van der Waals surface area contributed by atoms with Crippen molar-refractivity contribution in [2.45, 2.75) is 13.1 Å². The van der Waals surface area contributed by atoms with Gasteiger partial charge in [-0.1, -0.05) is 6.07 Å². The van der Waals surface area contributed by atoms with Crippen LogP contribution in [-0.2, 0) is 6.18 Å². The predicted octanol–water partition coefficient (Wildman–Crippen LogP) is 4.38. The number of aromatic nitrogens is 5. The van der Waals surface area contributed by atoms with Crippen molar-refractivity contribution in [2.24, 2.45) is 0 Å². The largest absolute Gasteiger partial charge is 0.435 e. The number of carbonyl (C=O) groups excluding carboxylic acids is 1. The highest BCUT2D eigenvalue weighted by atomic mass is 19.4. The molecule has 162 valence electrons. The normalized spacial score (nSPS) is 11.2. The van der Waals surface area contributed by atoms with Gasteiger partial charge in [0.1, 0.15) is 11.6 Å². The van der Waals surface area contributed by atoms with E-state index in [1.165, 1.54) is 36.9 Å². The van der Waals surface area contributed by atoms with Gasteiger partial charge in [0.2, 0.25) is 0 Å². The zero-order valence-corrected chi connectivity index (χ0v) is 16.6. The molecule has 0 aromatic carbocycles. The van der Waals surface area contributed by atoms with Crippen LogP contribution < -0.4 is 10.6 Å². The lowest BCUT2D eigenvalue weighted by Crippen LogP contribution is -2.13. The maximum Gasteiger partial charge on any atom is 0.435 e. The van der Waals surface area contributed by atoms with Crippen molar-refractivity contribution < 1.29 is 18.0 Å². The maximum atomic E-state index is 12.8. The van der Waals surface area contributed by atoms with Gasteiger partial charge in [0.15, 0.2) is 5.69 Å². The van der Waals surface area contributed by atoms with Crippen LogP contribution in [0.2, 0.25) is 0 Å². The first-order valence-electron chi connectivity index (χ1n) is 9.33. The quantitative estimate of drug-likeness (QED) is 0.479. The van der Waals surface area contributed by atoms with E-state index >= 15 is 0 Å². The average molecular weight is 439 g/mol. The highest BCUT2D eigenvalue weighted by Gasteiger charge is 2.33. The number of carbonyl (C=O) groups is 1. The third-order valence-electron chi connectivity index (χ3n) is 4.32. The fourth-order valence-electron chi connectivity index (χ4n) is 2.76. The number of amides is 1. The molecule has 4 heterocycles. The number of hydrogen-bond donors (Lipinski definition) is 2. The molecule has 0 unspecified atom stereocenters. The number of nitrogens with zero attached hydrogens (tertiary/aromatic N) is 5. The summed E-state index contributed by atoms with van der Waals surface area (Å²) in [6, 6.07) is 9.10. The SMILES string of the molecule is Cc1ccc(Nc2cc(C(=O)Nc3cncc(-n4ccc(C(F)(F)F)n4)c3)ccn2)nc1. The van der Waals surface area contributed by atoms with Crippen LogP contribution >= 0.6 is 0 Å².